The quantitative estimate of drug-likeness (QED) is 0.794. The van der Waals surface area contributed by atoms with Crippen LogP contribution < -0.4 is 9.64 Å². The van der Waals surface area contributed by atoms with Crippen LogP contribution in [-0.4, -0.2) is 43.7 Å². The number of fused-ring (bicyclic) bond motifs is 4. The van der Waals surface area contributed by atoms with Crippen molar-refractivity contribution in [1.82, 2.24) is 4.90 Å². The first-order valence-electron chi connectivity index (χ1n) is 8.69. The second-order valence-electron chi connectivity index (χ2n) is 7.55. The molecule has 2 atom stereocenters. The van der Waals surface area contributed by atoms with Gasteiger partial charge in [0.1, 0.15) is 5.75 Å². The van der Waals surface area contributed by atoms with Gasteiger partial charge in [-0.1, -0.05) is 19.8 Å². The van der Waals surface area contributed by atoms with Gasteiger partial charge in [0.05, 0.1) is 13.2 Å². The molecule has 0 N–H and O–H groups in total. The van der Waals surface area contributed by atoms with Gasteiger partial charge in [-0.25, -0.2) is 0 Å². The van der Waals surface area contributed by atoms with Gasteiger partial charge in [0.15, 0.2) is 0 Å². The molecular weight excluding hydrogens is 284 g/mol. The summed E-state index contributed by atoms with van der Waals surface area (Å²) in [4.78, 5) is 5.05. The highest BCUT2D eigenvalue weighted by Gasteiger charge is 2.45. The van der Waals surface area contributed by atoms with Gasteiger partial charge in [0.2, 0.25) is 0 Å². The van der Waals surface area contributed by atoms with E-state index >= 15 is 0 Å². The van der Waals surface area contributed by atoms with Crippen LogP contribution in [0.4, 0.5) is 5.69 Å². The van der Waals surface area contributed by atoms with E-state index in [2.05, 4.69) is 53.8 Å². The fourth-order valence-corrected chi connectivity index (χ4v) is 4.37. The van der Waals surface area contributed by atoms with Crippen molar-refractivity contribution in [3.05, 3.63) is 24.3 Å². The summed E-state index contributed by atoms with van der Waals surface area (Å²) in [6.07, 6.45) is 6.84. The normalized spacial score (nSPS) is 26.6. The molecule has 3 saturated heterocycles. The average Bonchev–Trinajstić information content (AvgIpc) is 2.75. The Balaban J connectivity index is 1.86. The van der Waals surface area contributed by atoms with Crippen molar-refractivity contribution in [2.45, 2.75) is 33.2 Å². The van der Waals surface area contributed by atoms with Crippen LogP contribution in [0.2, 0.25) is 0 Å². The number of piperidine rings is 1. The summed E-state index contributed by atoms with van der Waals surface area (Å²) in [5.41, 5.74) is 1.61. The summed E-state index contributed by atoms with van der Waals surface area (Å²) in [5.74, 6) is 4.46. The molecule has 2 bridgehead atoms. The van der Waals surface area contributed by atoms with E-state index in [4.69, 9.17) is 11.2 Å². The summed E-state index contributed by atoms with van der Waals surface area (Å²) in [5, 5.41) is 0. The fraction of sp³-hybridized carbons (Fsp3) is 0.600. The summed E-state index contributed by atoms with van der Waals surface area (Å²) in [6, 6.07) is 9.08. The predicted molar refractivity (Wildman–Crippen MR) is 95.9 cm³/mol. The Bertz CT molecular complexity index is 572. The Hall–Kier alpha value is -1.66. The Morgan fingerprint density at radius 1 is 1.22 bits per heavy atom. The van der Waals surface area contributed by atoms with Crippen LogP contribution in [0.5, 0.6) is 5.75 Å². The lowest BCUT2D eigenvalue weighted by atomic mass is 9.73. The van der Waals surface area contributed by atoms with Crippen LogP contribution in [0.3, 0.4) is 0 Å². The topological polar surface area (TPSA) is 15.7 Å². The zero-order valence-electron chi connectivity index (χ0n) is 14.6. The largest absolute Gasteiger partial charge is 0.494 e. The third-order valence-corrected chi connectivity index (χ3v) is 5.29. The van der Waals surface area contributed by atoms with E-state index in [0.717, 1.165) is 31.9 Å². The number of terminal acetylenes is 1. The number of nitrogens with zero attached hydrogens (tertiary/aromatic N) is 2. The highest BCUT2D eigenvalue weighted by molar-refractivity contribution is 5.51. The maximum atomic E-state index is 5.58. The summed E-state index contributed by atoms with van der Waals surface area (Å²) in [7, 11) is 0. The molecule has 0 radical (unpaired) electrons. The van der Waals surface area contributed by atoms with Gasteiger partial charge in [-0.2, -0.15) is 0 Å². The van der Waals surface area contributed by atoms with Gasteiger partial charge in [-0.3, -0.25) is 4.90 Å². The molecular formula is C20H28N2O. The summed E-state index contributed by atoms with van der Waals surface area (Å²) >= 11 is 0. The molecule has 3 heteroatoms. The maximum absolute atomic E-state index is 5.58. The van der Waals surface area contributed by atoms with E-state index < -0.39 is 0 Å². The van der Waals surface area contributed by atoms with Gasteiger partial charge in [0.25, 0.3) is 0 Å². The molecule has 0 saturated carbocycles. The monoisotopic (exact) mass is 312 g/mol. The van der Waals surface area contributed by atoms with E-state index in [1.54, 1.807) is 0 Å². The Morgan fingerprint density at radius 2 is 1.96 bits per heavy atom. The number of rotatable bonds is 4. The second-order valence-corrected chi connectivity index (χ2v) is 7.55. The first-order valence-corrected chi connectivity index (χ1v) is 8.69. The van der Waals surface area contributed by atoms with E-state index in [-0.39, 0.29) is 0 Å². The Morgan fingerprint density at radius 3 is 2.61 bits per heavy atom. The van der Waals surface area contributed by atoms with Gasteiger partial charge >= 0.3 is 0 Å². The molecule has 0 aliphatic carbocycles. The van der Waals surface area contributed by atoms with Gasteiger partial charge in [-0.05, 0) is 48.9 Å². The van der Waals surface area contributed by atoms with Crippen molar-refractivity contribution in [2.24, 2.45) is 11.3 Å². The van der Waals surface area contributed by atoms with Crippen LogP contribution in [0.25, 0.3) is 0 Å². The highest BCUT2D eigenvalue weighted by Crippen LogP contribution is 2.43. The van der Waals surface area contributed by atoms with E-state index in [1.807, 2.05) is 6.92 Å². The minimum atomic E-state index is 0.310. The minimum Gasteiger partial charge on any atom is -0.494 e. The SMILES string of the molecule is C#CCN1C[C@@H]2CN(c3ccc(OCC)cc3)[C@H](C1)C(C)(C)C2. The number of hydrogen-bond donors (Lipinski definition) is 0. The fourth-order valence-electron chi connectivity index (χ4n) is 4.37. The number of anilines is 1. The van der Waals surface area contributed by atoms with Crippen LogP contribution in [0, 0.1) is 23.7 Å². The first kappa shape index (κ1) is 16.2. The molecule has 124 valence electrons. The molecule has 3 aliphatic heterocycles. The lowest BCUT2D eigenvalue weighted by Gasteiger charge is -2.48. The van der Waals surface area contributed by atoms with Gasteiger partial charge in [-0.15, -0.1) is 6.42 Å². The molecule has 23 heavy (non-hydrogen) atoms. The third-order valence-electron chi connectivity index (χ3n) is 5.29. The standard InChI is InChI=1S/C20H28N2O/c1-5-11-21-13-16-12-20(3,4)19(15-21)22(14-16)17-7-9-18(10-8-17)23-6-2/h1,7-10,16,19H,6,11-15H2,2-4H3/t16-,19-/m1/s1. The molecule has 3 nitrogen and oxygen atoms in total. The Labute approximate surface area is 140 Å². The molecule has 0 unspecified atom stereocenters. The molecule has 3 aliphatic rings. The molecule has 3 heterocycles. The van der Waals surface area contributed by atoms with E-state index in [9.17, 15) is 0 Å². The molecule has 0 aromatic heterocycles. The van der Waals surface area contributed by atoms with Crippen LogP contribution in [0.1, 0.15) is 27.2 Å². The number of ether oxygens (including phenoxy) is 1. The number of hydrogen-bond acceptors (Lipinski definition) is 3. The van der Waals surface area contributed by atoms with Gasteiger partial charge < -0.3 is 9.64 Å². The van der Waals surface area contributed by atoms with Crippen molar-refractivity contribution in [1.29, 1.82) is 0 Å². The summed E-state index contributed by atoms with van der Waals surface area (Å²) in [6.45, 7) is 11.6. The van der Waals surface area contributed by atoms with E-state index in [1.165, 1.54) is 12.1 Å². The van der Waals surface area contributed by atoms with Gasteiger partial charge in [0, 0.05) is 31.4 Å². The summed E-state index contributed by atoms with van der Waals surface area (Å²) < 4.78 is 5.58. The zero-order valence-corrected chi connectivity index (χ0v) is 14.6. The minimum absolute atomic E-state index is 0.310. The van der Waals surface area contributed by atoms with Crippen LogP contribution in [0.15, 0.2) is 24.3 Å². The molecule has 3 fully saturated rings. The van der Waals surface area contributed by atoms with Crippen LogP contribution in [-0.2, 0) is 0 Å². The molecule has 4 rings (SSSR count). The van der Waals surface area contributed by atoms with Crippen molar-refractivity contribution in [3.63, 3.8) is 0 Å². The van der Waals surface area contributed by atoms with Crippen molar-refractivity contribution >= 4 is 5.69 Å². The smallest absolute Gasteiger partial charge is 0.119 e. The van der Waals surface area contributed by atoms with Crippen LogP contribution >= 0.6 is 0 Å². The molecule has 1 aromatic rings. The average molecular weight is 312 g/mol. The zero-order chi connectivity index (χ0) is 16.4. The predicted octanol–water partition coefficient (Wildman–Crippen LogP) is 3.26. The molecule has 0 spiro atoms. The lowest BCUT2D eigenvalue weighted by Crippen LogP contribution is -2.53. The lowest BCUT2D eigenvalue weighted by molar-refractivity contribution is 0.191. The second kappa shape index (κ2) is 6.45. The maximum Gasteiger partial charge on any atom is 0.119 e. The van der Waals surface area contributed by atoms with E-state index in [0.29, 0.717) is 24.0 Å². The van der Waals surface area contributed by atoms with Crippen molar-refractivity contribution < 1.29 is 4.74 Å². The third kappa shape index (κ3) is 3.33. The van der Waals surface area contributed by atoms with Crippen molar-refractivity contribution in [2.75, 3.05) is 37.7 Å². The number of benzene rings is 1. The first-order chi connectivity index (χ1) is 11.0. The van der Waals surface area contributed by atoms with Crippen molar-refractivity contribution in [3.8, 4) is 18.1 Å². The highest BCUT2D eigenvalue weighted by atomic mass is 16.5. The molecule has 0 amide bonds. The molecule has 1 aromatic carbocycles. The Kier molecular flexibility index (Phi) is 4.55.